The highest BCUT2D eigenvalue weighted by molar-refractivity contribution is 7.99. The molecule has 1 aromatic rings. The van der Waals surface area contributed by atoms with Crippen LogP contribution < -0.4 is 5.73 Å². The first-order valence-electron chi connectivity index (χ1n) is 10.0. The third-order valence-electron chi connectivity index (χ3n) is 4.07. The molecule has 0 aliphatic rings. The Balaban J connectivity index is 0.00000625. The number of anilines is 1. The molecule has 1 aromatic heterocycles. The number of hydrogen-bond donors (Lipinski definition) is 1. The molecule has 0 saturated heterocycles. The molecular weight excluding hydrogens is 348 g/mol. The Kier molecular flexibility index (Phi) is 14.2. The number of nitrogens with zero attached hydrogens (tertiary/aromatic N) is 3. The van der Waals surface area contributed by atoms with Gasteiger partial charge in [-0.2, -0.15) is 15.0 Å². The summed E-state index contributed by atoms with van der Waals surface area (Å²) in [4.78, 5) is 13.1. The Morgan fingerprint density at radius 3 is 1.48 bits per heavy atom. The molecule has 0 spiro atoms. The van der Waals surface area contributed by atoms with Crippen LogP contribution in [-0.4, -0.2) is 26.5 Å². The van der Waals surface area contributed by atoms with Gasteiger partial charge in [0.2, 0.25) is 5.95 Å². The Labute approximate surface area is 164 Å². The minimum Gasteiger partial charge on any atom is -0.368 e. The van der Waals surface area contributed by atoms with Gasteiger partial charge in [0.15, 0.2) is 10.3 Å². The molecule has 0 saturated carbocycles. The van der Waals surface area contributed by atoms with E-state index < -0.39 is 0 Å². The molecule has 0 aliphatic heterocycles. The normalized spacial score (nSPS) is 11.1. The topological polar surface area (TPSA) is 64.7 Å². The smallest absolute Gasteiger partial charge is 0.225 e. The van der Waals surface area contributed by atoms with Crippen molar-refractivity contribution >= 4 is 29.5 Å². The molecule has 25 heavy (non-hydrogen) atoms. The summed E-state index contributed by atoms with van der Waals surface area (Å²) in [6.45, 7) is 4.51. The van der Waals surface area contributed by atoms with E-state index in [1.807, 2.05) is 0 Å². The predicted molar refractivity (Wildman–Crippen MR) is 115 cm³/mol. The maximum atomic E-state index is 5.84. The highest BCUT2D eigenvalue weighted by Crippen LogP contribution is 2.22. The average Bonchev–Trinajstić information content (AvgIpc) is 2.60. The summed E-state index contributed by atoms with van der Waals surface area (Å²) in [6.07, 6.45) is 15.8. The van der Waals surface area contributed by atoms with Crippen LogP contribution >= 0.6 is 23.5 Å². The molecule has 0 aromatic carbocycles. The van der Waals surface area contributed by atoms with E-state index in [0.717, 1.165) is 21.8 Å². The first kappa shape index (κ1) is 22.6. The second-order valence-corrected chi connectivity index (χ2v) is 8.62. The van der Waals surface area contributed by atoms with E-state index in [2.05, 4.69) is 28.8 Å². The van der Waals surface area contributed by atoms with Gasteiger partial charge in [0.25, 0.3) is 0 Å². The second kappa shape index (κ2) is 15.7. The van der Waals surface area contributed by atoms with Crippen molar-refractivity contribution in [2.75, 3.05) is 17.2 Å². The van der Waals surface area contributed by atoms with Crippen LogP contribution in [0.4, 0.5) is 5.95 Å². The minimum atomic E-state index is 0. The Morgan fingerprint density at radius 2 is 1.04 bits per heavy atom. The number of rotatable bonds is 16. The fourth-order valence-electron chi connectivity index (χ4n) is 2.57. The molecule has 2 N–H and O–H groups in total. The van der Waals surface area contributed by atoms with Crippen molar-refractivity contribution in [2.24, 2.45) is 0 Å². The molecule has 0 fully saturated rings. The molecule has 0 unspecified atom stereocenters. The van der Waals surface area contributed by atoms with E-state index >= 15 is 0 Å². The van der Waals surface area contributed by atoms with E-state index in [0.29, 0.717) is 5.95 Å². The lowest BCUT2D eigenvalue weighted by atomic mass is 10.1. The van der Waals surface area contributed by atoms with Gasteiger partial charge >= 0.3 is 0 Å². The molecule has 4 nitrogen and oxygen atoms in total. The molecule has 0 amide bonds. The monoisotopic (exact) mass is 386 g/mol. The Bertz CT molecular complexity index is 413. The van der Waals surface area contributed by atoms with E-state index in [4.69, 9.17) is 5.73 Å². The second-order valence-electron chi connectivity index (χ2n) is 6.49. The SMILES string of the molecule is CCCCCCCCSc1nc(N)nc(SCCCCCCCC)n1.[HH]. The number of aromatic nitrogens is 3. The van der Waals surface area contributed by atoms with Crippen molar-refractivity contribution in [2.45, 2.75) is 101 Å². The standard InChI is InChI=1S/C19H36N4S2.H2/c1-3-5-7-9-11-13-15-24-18-21-17(20)22-19(23-18)25-16-14-12-10-8-6-4-2;/h3-16H2,1-2H3,(H2,20,21,22,23);1H. The van der Waals surface area contributed by atoms with E-state index in [1.54, 1.807) is 23.5 Å². The van der Waals surface area contributed by atoms with E-state index in [9.17, 15) is 0 Å². The van der Waals surface area contributed by atoms with Crippen LogP contribution in [-0.2, 0) is 0 Å². The summed E-state index contributed by atoms with van der Waals surface area (Å²) in [5, 5.41) is 1.57. The van der Waals surface area contributed by atoms with Crippen molar-refractivity contribution in [3.8, 4) is 0 Å². The maximum Gasteiger partial charge on any atom is 0.225 e. The van der Waals surface area contributed by atoms with Gasteiger partial charge in [-0.15, -0.1) is 0 Å². The Hall–Kier alpha value is -0.490. The van der Waals surface area contributed by atoms with Gasteiger partial charge in [0, 0.05) is 12.9 Å². The lowest BCUT2D eigenvalue weighted by molar-refractivity contribution is 0.626. The van der Waals surface area contributed by atoms with Crippen molar-refractivity contribution in [3.63, 3.8) is 0 Å². The molecule has 146 valence electrons. The van der Waals surface area contributed by atoms with Crippen LogP contribution in [0.2, 0.25) is 0 Å². The molecule has 0 radical (unpaired) electrons. The van der Waals surface area contributed by atoms with Crippen molar-refractivity contribution < 1.29 is 1.43 Å². The minimum absolute atomic E-state index is 0. The third-order valence-corrected chi connectivity index (χ3v) is 5.94. The van der Waals surface area contributed by atoms with Gasteiger partial charge in [0.05, 0.1) is 0 Å². The van der Waals surface area contributed by atoms with Gasteiger partial charge in [-0.25, -0.2) is 0 Å². The van der Waals surface area contributed by atoms with Gasteiger partial charge in [-0.05, 0) is 12.8 Å². The molecule has 1 rings (SSSR count). The molecule has 0 atom stereocenters. The summed E-state index contributed by atoms with van der Waals surface area (Å²) < 4.78 is 0. The number of hydrogen-bond acceptors (Lipinski definition) is 6. The van der Waals surface area contributed by atoms with Gasteiger partial charge in [-0.1, -0.05) is 102 Å². The summed E-state index contributed by atoms with van der Waals surface area (Å²) in [6, 6.07) is 0. The van der Waals surface area contributed by atoms with Crippen LogP contribution in [0.5, 0.6) is 0 Å². The number of thioether (sulfide) groups is 2. The van der Waals surface area contributed by atoms with E-state index in [1.165, 1.54) is 77.0 Å². The molecule has 0 aliphatic carbocycles. The molecule has 1 heterocycles. The third kappa shape index (κ3) is 12.5. The average molecular weight is 387 g/mol. The maximum absolute atomic E-state index is 5.84. The zero-order chi connectivity index (χ0) is 18.2. The van der Waals surface area contributed by atoms with E-state index in [-0.39, 0.29) is 1.43 Å². The first-order valence-corrected chi connectivity index (χ1v) is 12.0. The van der Waals surface area contributed by atoms with Crippen LogP contribution in [0.1, 0.15) is 92.3 Å². The van der Waals surface area contributed by atoms with Crippen molar-refractivity contribution in [3.05, 3.63) is 0 Å². The highest BCUT2D eigenvalue weighted by Gasteiger charge is 2.06. The molecule has 6 heteroatoms. The fraction of sp³-hybridized carbons (Fsp3) is 0.842. The van der Waals surface area contributed by atoms with Crippen molar-refractivity contribution in [1.29, 1.82) is 0 Å². The summed E-state index contributed by atoms with van der Waals surface area (Å²) >= 11 is 3.42. The summed E-state index contributed by atoms with van der Waals surface area (Å²) in [5.41, 5.74) is 5.84. The van der Waals surface area contributed by atoms with Crippen LogP contribution in [0.25, 0.3) is 0 Å². The lowest BCUT2D eigenvalue weighted by Crippen LogP contribution is -2.01. The molecular formula is C19H38N4S2. The predicted octanol–water partition coefficient (Wildman–Crippen LogP) is 6.61. The quantitative estimate of drug-likeness (QED) is 0.255. The van der Waals surface area contributed by atoms with Crippen LogP contribution in [0, 0.1) is 0 Å². The number of nitrogens with two attached hydrogens (primary N) is 1. The van der Waals surface area contributed by atoms with Crippen LogP contribution in [0.3, 0.4) is 0 Å². The fourth-order valence-corrected chi connectivity index (χ4v) is 4.31. The van der Waals surface area contributed by atoms with Gasteiger partial charge in [-0.3, -0.25) is 0 Å². The lowest BCUT2D eigenvalue weighted by Gasteiger charge is -2.05. The first-order chi connectivity index (χ1) is 12.3. The number of nitrogen functional groups attached to an aromatic ring is 1. The number of unbranched alkanes of at least 4 members (excludes halogenated alkanes) is 10. The molecule has 0 bridgehead atoms. The van der Waals surface area contributed by atoms with Gasteiger partial charge < -0.3 is 5.73 Å². The van der Waals surface area contributed by atoms with Crippen molar-refractivity contribution in [1.82, 2.24) is 15.0 Å². The summed E-state index contributed by atoms with van der Waals surface area (Å²) in [5.74, 6) is 2.49. The van der Waals surface area contributed by atoms with Gasteiger partial charge in [0.1, 0.15) is 0 Å². The largest absolute Gasteiger partial charge is 0.368 e. The summed E-state index contributed by atoms with van der Waals surface area (Å²) in [7, 11) is 0. The van der Waals surface area contributed by atoms with Crippen LogP contribution in [0.15, 0.2) is 10.3 Å². The Morgan fingerprint density at radius 1 is 0.640 bits per heavy atom. The zero-order valence-corrected chi connectivity index (χ0v) is 17.8. The zero-order valence-electron chi connectivity index (χ0n) is 16.1. The highest BCUT2D eigenvalue weighted by atomic mass is 32.2.